The minimum absolute atomic E-state index is 0.00857. The van der Waals surface area contributed by atoms with Gasteiger partial charge in [0.15, 0.2) is 0 Å². The maximum Gasteiger partial charge on any atom is 0.308 e. The standard InChI is InChI=1S/C12H15Cl2NO4S2/c1-19-12(16)7-2-4-8(5-3-7)15-21(17,18)9-6-10(13)20-11(9)14/h6-8,15H,2-5H2,1H3. The van der Waals surface area contributed by atoms with Crippen molar-refractivity contribution in [1.29, 1.82) is 0 Å². The molecule has 1 heterocycles. The number of thiophene rings is 1. The van der Waals surface area contributed by atoms with Crippen molar-refractivity contribution in [2.24, 2.45) is 5.92 Å². The van der Waals surface area contributed by atoms with Crippen molar-refractivity contribution in [2.75, 3.05) is 7.11 Å². The average molecular weight is 372 g/mol. The Balaban J connectivity index is 2.00. The largest absolute Gasteiger partial charge is 0.469 e. The summed E-state index contributed by atoms with van der Waals surface area (Å²) in [5.74, 6) is -0.376. The molecule has 118 valence electrons. The Hall–Kier alpha value is -0.340. The van der Waals surface area contributed by atoms with Gasteiger partial charge in [-0.1, -0.05) is 23.2 Å². The highest BCUT2D eigenvalue weighted by Gasteiger charge is 2.30. The Morgan fingerprint density at radius 2 is 1.95 bits per heavy atom. The molecule has 0 amide bonds. The first kappa shape index (κ1) is 17.0. The van der Waals surface area contributed by atoms with Crippen LogP contribution in [0.3, 0.4) is 0 Å². The molecule has 1 aromatic rings. The third-order valence-electron chi connectivity index (χ3n) is 3.50. The highest BCUT2D eigenvalue weighted by atomic mass is 35.5. The Labute approximate surface area is 137 Å². The van der Waals surface area contributed by atoms with E-state index in [-0.39, 0.29) is 27.2 Å². The van der Waals surface area contributed by atoms with Gasteiger partial charge in [-0.05, 0) is 31.7 Å². The van der Waals surface area contributed by atoms with Gasteiger partial charge in [0.2, 0.25) is 10.0 Å². The summed E-state index contributed by atoms with van der Waals surface area (Å²) in [6.07, 6.45) is 2.40. The van der Waals surface area contributed by atoms with Crippen molar-refractivity contribution < 1.29 is 17.9 Å². The number of halogens is 2. The van der Waals surface area contributed by atoms with Crippen molar-refractivity contribution in [1.82, 2.24) is 4.72 Å². The third kappa shape index (κ3) is 4.10. The molecule has 2 rings (SSSR count). The monoisotopic (exact) mass is 371 g/mol. The van der Waals surface area contributed by atoms with Gasteiger partial charge in [0.1, 0.15) is 9.23 Å². The fourth-order valence-corrected chi connectivity index (χ4v) is 5.86. The van der Waals surface area contributed by atoms with E-state index in [1.165, 1.54) is 13.2 Å². The van der Waals surface area contributed by atoms with Gasteiger partial charge in [-0.3, -0.25) is 4.79 Å². The van der Waals surface area contributed by atoms with Gasteiger partial charge in [-0.25, -0.2) is 13.1 Å². The quantitative estimate of drug-likeness (QED) is 0.825. The van der Waals surface area contributed by atoms with Crippen molar-refractivity contribution in [2.45, 2.75) is 36.6 Å². The van der Waals surface area contributed by atoms with E-state index < -0.39 is 10.0 Å². The van der Waals surface area contributed by atoms with Gasteiger partial charge in [0, 0.05) is 6.04 Å². The molecule has 0 aromatic carbocycles. The van der Waals surface area contributed by atoms with Crippen molar-refractivity contribution >= 4 is 50.5 Å². The molecule has 0 unspecified atom stereocenters. The van der Waals surface area contributed by atoms with Crippen LogP contribution >= 0.6 is 34.5 Å². The molecule has 0 aliphatic heterocycles. The van der Waals surface area contributed by atoms with Gasteiger partial charge in [0.25, 0.3) is 0 Å². The molecule has 1 aliphatic rings. The Kier molecular flexibility index (Phi) is 5.54. The maximum atomic E-state index is 12.3. The van der Waals surface area contributed by atoms with E-state index in [0.29, 0.717) is 30.0 Å². The minimum Gasteiger partial charge on any atom is -0.469 e. The first-order valence-corrected chi connectivity index (χ1v) is 9.44. The van der Waals surface area contributed by atoms with E-state index in [1.807, 2.05) is 0 Å². The van der Waals surface area contributed by atoms with Crippen molar-refractivity contribution in [3.8, 4) is 0 Å². The van der Waals surface area contributed by atoms with E-state index in [2.05, 4.69) is 4.72 Å². The molecule has 1 fully saturated rings. The zero-order valence-electron chi connectivity index (χ0n) is 11.3. The van der Waals surface area contributed by atoms with Crippen molar-refractivity contribution in [3.63, 3.8) is 0 Å². The lowest BCUT2D eigenvalue weighted by molar-refractivity contribution is -0.146. The summed E-state index contributed by atoms with van der Waals surface area (Å²) in [6, 6.07) is 1.14. The number of carbonyl (C=O) groups is 1. The number of nitrogens with one attached hydrogen (secondary N) is 1. The predicted molar refractivity (Wildman–Crippen MR) is 82.4 cm³/mol. The van der Waals surface area contributed by atoms with E-state index in [4.69, 9.17) is 27.9 Å². The summed E-state index contributed by atoms with van der Waals surface area (Å²) in [5.41, 5.74) is 0. The predicted octanol–water partition coefficient (Wildman–Crippen LogP) is 3.07. The van der Waals surface area contributed by atoms with E-state index in [9.17, 15) is 13.2 Å². The number of rotatable bonds is 4. The lowest BCUT2D eigenvalue weighted by atomic mass is 9.86. The molecule has 1 aromatic heterocycles. The lowest BCUT2D eigenvalue weighted by Crippen LogP contribution is -2.38. The molecule has 1 aliphatic carbocycles. The number of hydrogen-bond donors (Lipinski definition) is 1. The summed E-state index contributed by atoms with van der Waals surface area (Å²) in [7, 11) is -2.32. The molecular weight excluding hydrogens is 357 g/mol. The molecule has 0 bridgehead atoms. The summed E-state index contributed by atoms with van der Waals surface area (Å²) >= 11 is 12.7. The number of carbonyl (C=O) groups excluding carboxylic acids is 1. The molecule has 0 spiro atoms. The van der Waals surface area contributed by atoms with E-state index >= 15 is 0 Å². The summed E-state index contributed by atoms with van der Waals surface area (Å²) in [4.78, 5) is 11.4. The van der Waals surface area contributed by atoms with E-state index in [1.54, 1.807) is 0 Å². The number of ether oxygens (including phenoxy) is 1. The normalized spacial score (nSPS) is 23.0. The number of sulfonamides is 1. The molecule has 21 heavy (non-hydrogen) atoms. The van der Waals surface area contributed by atoms with Crippen LogP contribution in [0.1, 0.15) is 25.7 Å². The van der Waals surface area contributed by atoms with Crippen LogP contribution in [-0.2, 0) is 19.6 Å². The summed E-state index contributed by atoms with van der Waals surface area (Å²) in [5, 5.41) is 0. The van der Waals surface area contributed by atoms with Crippen molar-refractivity contribution in [3.05, 3.63) is 14.7 Å². The van der Waals surface area contributed by atoms with Gasteiger partial charge < -0.3 is 4.74 Å². The van der Waals surface area contributed by atoms with Gasteiger partial charge >= 0.3 is 5.97 Å². The second-order valence-electron chi connectivity index (χ2n) is 4.88. The number of methoxy groups -OCH3 is 1. The van der Waals surface area contributed by atoms with Gasteiger partial charge in [-0.15, -0.1) is 11.3 Å². The summed E-state index contributed by atoms with van der Waals surface area (Å²) in [6.45, 7) is 0. The molecule has 9 heteroatoms. The fraction of sp³-hybridized carbons (Fsp3) is 0.583. The van der Waals surface area contributed by atoms with Crippen LogP contribution < -0.4 is 4.72 Å². The molecule has 1 N–H and O–H groups in total. The van der Waals surface area contributed by atoms with Crippen LogP contribution in [0.5, 0.6) is 0 Å². The Bertz CT molecular complexity index is 621. The molecule has 0 radical (unpaired) electrons. The fourth-order valence-electron chi connectivity index (χ4n) is 2.40. The molecule has 5 nitrogen and oxygen atoms in total. The number of esters is 1. The topological polar surface area (TPSA) is 72.5 Å². The van der Waals surface area contributed by atoms with Crippen LogP contribution in [0.2, 0.25) is 8.67 Å². The van der Waals surface area contributed by atoms with Gasteiger partial charge in [0.05, 0.1) is 17.4 Å². The highest BCUT2D eigenvalue weighted by molar-refractivity contribution is 7.89. The third-order valence-corrected chi connectivity index (χ3v) is 6.77. The summed E-state index contributed by atoms with van der Waals surface area (Å²) < 4.78 is 32.3. The molecule has 1 saturated carbocycles. The van der Waals surface area contributed by atoms with Crippen LogP contribution in [0.25, 0.3) is 0 Å². The second-order valence-corrected chi connectivity index (χ2v) is 8.85. The zero-order valence-corrected chi connectivity index (χ0v) is 14.4. The average Bonchev–Trinajstić information content (AvgIpc) is 2.78. The molecular formula is C12H15Cl2NO4S2. The molecule has 0 saturated heterocycles. The van der Waals surface area contributed by atoms with E-state index in [0.717, 1.165) is 11.3 Å². The minimum atomic E-state index is -3.69. The van der Waals surface area contributed by atoms with Crippen LogP contribution in [0.15, 0.2) is 11.0 Å². The Morgan fingerprint density at radius 1 is 1.33 bits per heavy atom. The highest BCUT2D eigenvalue weighted by Crippen LogP contribution is 2.35. The number of hydrogen-bond acceptors (Lipinski definition) is 5. The second kappa shape index (κ2) is 6.83. The molecule has 0 atom stereocenters. The smallest absolute Gasteiger partial charge is 0.308 e. The zero-order chi connectivity index (χ0) is 15.6. The van der Waals surface area contributed by atoms with Gasteiger partial charge in [-0.2, -0.15) is 0 Å². The van der Waals surface area contributed by atoms with Crippen LogP contribution in [0, 0.1) is 5.92 Å². The van der Waals surface area contributed by atoms with Crippen LogP contribution in [0.4, 0.5) is 0 Å². The first-order valence-electron chi connectivity index (χ1n) is 6.38. The first-order chi connectivity index (χ1) is 9.83. The lowest BCUT2D eigenvalue weighted by Gasteiger charge is -2.27. The maximum absolute atomic E-state index is 12.3. The van der Waals surface area contributed by atoms with Crippen LogP contribution in [-0.4, -0.2) is 27.5 Å². The SMILES string of the molecule is COC(=O)C1CCC(NS(=O)(=O)c2cc(Cl)sc2Cl)CC1. The Morgan fingerprint density at radius 3 is 2.43 bits per heavy atom.